The predicted octanol–water partition coefficient (Wildman–Crippen LogP) is 11.8. The fourth-order valence-electron chi connectivity index (χ4n) is 10.4. The Morgan fingerprint density at radius 1 is 0.441 bits per heavy atom. The Labute approximate surface area is 350 Å². The highest BCUT2D eigenvalue weighted by Crippen LogP contribution is 2.43. The van der Waals surface area contributed by atoms with Gasteiger partial charge in [-0.1, -0.05) is 189 Å². The number of benzene rings is 8. The van der Waals surface area contributed by atoms with Gasteiger partial charge in [0.1, 0.15) is 0 Å². The molecule has 0 radical (unpaired) electrons. The van der Waals surface area contributed by atoms with Crippen LogP contribution in [0.5, 0.6) is 0 Å². The predicted molar refractivity (Wildman–Crippen MR) is 258 cm³/mol. The largest absolute Gasteiger partial charge is 0.309 e. The first-order valence-electron chi connectivity index (χ1n) is 21.7. The van der Waals surface area contributed by atoms with E-state index < -0.39 is 22.0 Å². The summed E-state index contributed by atoms with van der Waals surface area (Å²) in [5.74, 6) is -0.600. The summed E-state index contributed by atoms with van der Waals surface area (Å²) in [6.45, 7) is 4.99. The lowest BCUT2D eigenvalue weighted by atomic mass is 9.91. The van der Waals surface area contributed by atoms with Crippen LogP contribution in [0, 0.1) is 0 Å². The van der Waals surface area contributed by atoms with Crippen molar-refractivity contribution in [3.8, 4) is 11.4 Å². The molecular weight excluding hydrogens is 745 g/mol. The van der Waals surface area contributed by atoms with E-state index in [1.165, 1.54) is 76.4 Å². The van der Waals surface area contributed by atoms with Crippen LogP contribution in [-0.4, -0.2) is 25.3 Å². The van der Waals surface area contributed by atoms with Gasteiger partial charge in [0.25, 0.3) is 0 Å². The number of nitrogens with zero attached hydrogens (tertiary/aromatic N) is 2. The maximum atomic E-state index is 9.97. The summed E-state index contributed by atoms with van der Waals surface area (Å²) in [7, 11) is -4.00. The minimum atomic E-state index is -2.73. The fraction of sp³-hybridized carbons (Fsp3) is 0.127. The maximum Gasteiger partial charge on any atom is 0.179 e. The van der Waals surface area contributed by atoms with E-state index >= 15 is 0 Å². The zero-order valence-electron chi connectivity index (χ0n) is 34.8. The number of hydrogen-bond donors (Lipinski definition) is 0. The third-order valence-corrected chi connectivity index (χ3v) is 21.4. The molecule has 286 valence electrons. The second kappa shape index (κ2) is 14.3. The van der Waals surface area contributed by atoms with Gasteiger partial charge in [0.05, 0.1) is 22.1 Å². The van der Waals surface area contributed by atoms with Gasteiger partial charge in [0.2, 0.25) is 0 Å². The molecule has 0 amide bonds. The molecule has 0 aliphatic carbocycles. The van der Waals surface area contributed by atoms with Gasteiger partial charge in [0, 0.05) is 42.4 Å². The van der Waals surface area contributed by atoms with Crippen LogP contribution in [0.15, 0.2) is 200 Å². The minimum absolute atomic E-state index is 0.600. The quantitative estimate of drug-likeness (QED) is 0.112. The zero-order valence-corrected chi connectivity index (χ0v) is 35.8. The summed E-state index contributed by atoms with van der Waals surface area (Å²) >= 11 is 0. The number of hydrogen-bond acceptors (Lipinski definition) is 0. The van der Waals surface area contributed by atoms with Crippen LogP contribution in [0.25, 0.3) is 55.0 Å². The van der Waals surface area contributed by atoms with Gasteiger partial charge < -0.3 is 9.13 Å². The molecule has 4 heteroatoms. The summed E-state index contributed by atoms with van der Waals surface area (Å²) in [5, 5.41) is 10.5. The molecule has 0 saturated carbocycles. The highest BCUT2D eigenvalue weighted by Gasteiger charge is 2.41. The Kier molecular flexibility index (Phi) is 8.41. The Hall–Kier alpha value is -6.21. The van der Waals surface area contributed by atoms with Crippen LogP contribution >= 0.6 is 0 Å². The van der Waals surface area contributed by atoms with Crippen molar-refractivity contribution >= 4 is 80.5 Å². The highest BCUT2D eigenvalue weighted by molar-refractivity contribution is 7.20. The lowest BCUT2D eigenvalue weighted by Crippen LogP contribution is -2.74. The molecule has 3 heterocycles. The highest BCUT2D eigenvalue weighted by atomic mass is 28.3. The van der Waals surface area contributed by atoms with E-state index in [2.05, 4.69) is 222 Å². The van der Waals surface area contributed by atoms with E-state index in [1.807, 2.05) is 0 Å². The van der Waals surface area contributed by atoms with Crippen LogP contribution in [0.2, 0.25) is 25.2 Å². The maximum absolute atomic E-state index is 9.97. The molecule has 0 spiro atoms. The van der Waals surface area contributed by atoms with E-state index in [0.717, 1.165) is 29.8 Å². The van der Waals surface area contributed by atoms with Gasteiger partial charge in [-0.15, -0.1) is 0 Å². The van der Waals surface area contributed by atoms with Crippen molar-refractivity contribution in [1.29, 1.82) is 0 Å². The molecule has 1 fully saturated rings. The van der Waals surface area contributed by atoms with E-state index in [9.17, 15) is 1.37 Å². The van der Waals surface area contributed by atoms with Crippen molar-refractivity contribution in [2.24, 2.45) is 0 Å². The summed E-state index contributed by atoms with van der Waals surface area (Å²) in [6, 6.07) is 76.9. The average molecular weight is 794 g/mol. The van der Waals surface area contributed by atoms with Crippen molar-refractivity contribution in [3.63, 3.8) is 0 Å². The second-order valence-electron chi connectivity index (χ2n) is 17.3. The van der Waals surface area contributed by atoms with Gasteiger partial charge >= 0.3 is 0 Å². The first kappa shape index (κ1) is 34.8. The lowest BCUT2D eigenvalue weighted by Gasteiger charge is -2.34. The molecule has 1 aliphatic rings. The molecule has 0 N–H and O–H groups in total. The van der Waals surface area contributed by atoms with Gasteiger partial charge in [-0.2, -0.15) is 0 Å². The number of rotatable bonds is 7. The van der Waals surface area contributed by atoms with Crippen molar-refractivity contribution in [2.75, 3.05) is 0 Å². The standard InChI is InChI=1S/C55H48N2Si2/c1-58(2)36-34-40(35-37-58)46-24-12-15-27-51(46)57-53-29-17-13-25-47(53)49-32-30-41(38-55(49)57)56-52-28-16-14-26-48(52)50-39-45(31-33-54(50)56)59(42-18-6-3-7-19-42,43-20-8-4-9-21-43)44-22-10-5-11-23-44/h3-33,38-40H,34-37H2,1-2H3/i40D. The smallest absolute Gasteiger partial charge is 0.179 e. The molecule has 2 aromatic heterocycles. The molecular formula is C55H48N2Si2. The van der Waals surface area contributed by atoms with E-state index in [0.29, 0.717) is 0 Å². The van der Waals surface area contributed by atoms with Crippen molar-refractivity contribution in [1.82, 2.24) is 9.13 Å². The molecule has 0 atom stereocenters. The third kappa shape index (κ3) is 5.80. The Balaban J connectivity index is 1.15. The van der Waals surface area contributed by atoms with Crippen LogP contribution in [-0.2, 0) is 0 Å². The normalized spacial score (nSPS) is 15.5. The van der Waals surface area contributed by atoms with Gasteiger partial charge in [0.15, 0.2) is 8.07 Å². The van der Waals surface area contributed by atoms with Gasteiger partial charge in [-0.3, -0.25) is 0 Å². The molecule has 8 aromatic carbocycles. The van der Waals surface area contributed by atoms with E-state index in [1.54, 1.807) is 0 Å². The number of para-hydroxylation sites is 3. The number of fused-ring (bicyclic) bond motifs is 6. The zero-order chi connectivity index (χ0) is 40.5. The molecule has 0 unspecified atom stereocenters. The monoisotopic (exact) mass is 793 g/mol. The number of aromatic nitrogens is 2. The second-order valence-corrected chi connectivity index (χ2v) is 26.4. The SMILES string of the molecule is [2H]C1(c2ccccc2-n2c3ccccc3c3ccc(-n4c5ccccc5c5cc([Si](c6ccccc6)(c6ccccc6)c6ccccc6)ccc54)cc32)CC[Si](C)(C)CC1. The van der Waals surface area contributed by atoms with Crippen LogP contribution in [0.1, 0.15) is 25.7 Å². The summed E-state index contributed by atoms with van der Waals surface area (Å²) in [4.78, 5) is 0. The molecule has 10 aromatic rings. The topological polar surface area (TPSA) is 9.86 Å². The first-order valence-corrected chi connectivity index (χ1v) is 26.6. The molecule has 1 saturated heterocycles. The van der Waals surface area contributed by atoms with E-state index in [-0.39, 0.29) is 0 Å². The minimum Gasteiger partial charge on any atom is -0.309 e. The summed E-state index contributed by atoms with van der Waals surface area (Å²) in [5.41, 5.74) is 8.15. The molecule has 11 rings (SSSR count). The Morgan fingerprint density at radius 2 is 0.932 bits per heavy atom. The van der Waals surface area contributed by atoms with Crippen molar-refractivity contribution < 1.29 is 1.37 Å². The third-order valence-electron chi connectivity index (χ3n) is 13.4. The van der Waals surface area contributed by atoms with Crippen LogP contribution in [0.3, 0.4) is 0 Å². The Bertz CT molecular complexity index is 3100. The molecule has 59 heavy (non-hydrogen) atoms. The van der Waals surface area contributed by atoms with Crippen LogP contribution < -0.4 is 20.7 Å². The molecule has 0 bridgehead atoms. The summed E-state index contributed by atoms with van der Waals surface area (Å²) < 4.78 is 14.9. The fourth-order valence-corrected chi connectivity index (χ4v) is 17.4. The van der Waals surface area contributed by atoms with Gasteiger partial charge in [-0.25, -0.2) is 0 Å². The van der Waals surface area contributed by atoms with Crippen molar-refractivity contribution in [3.05, 3.63) is 206 Å². The van der Waals surface area contributed by atoms with E-state index in [4.69, 9.17) is 0 Å². The van der Waals surface area contributed by atoms with Gasteiger partial charge in [-0.05, 0) is 81.4 Å². The molecule has 1 aliphatic heterocycles. The average Bonchev–Trinajstić information content (AvgIpc) is 3.81. The summed E-state index contributed by atoms with van der Waals surface area (Å²) in [6.07, 6.45) is 1.86. The van der Waals surface area contributed by atoms with Crippen molar-refractivity contribution in [2.45, 2.75) is 43.9 Å². The Morgan fingerprint density at radius 3 is 1.56 bits per heavy atom. The molecule has 2 nitrogen and oxygen atoms in total. The lowest BCUT2D eigenvalue weighted by molar-refractivity contribution is 0.600. The first-order chi connectivity index (χ1) is 29.4. The van der Waals surface area contributed by atoms with Crippen LogP contribution in [0.4, 0.5) is 0 Å².